The van der Waals surface area contributed by atoms with Crippen LogP contribution in [-0.2, 0) is 21.3 Å². The van der Waals surface area contributed by atoms with Crippen LogP contribution in [0.3, 0.4) is 0 Å². The number of fused-ring (bicyclic) bond motifs is 4. The van der Waals surface area contributed by atoms with Crippen LogP contribution in [-0.4, -0.2) is 27.9 Å². The van der Waals surface area contributed by atoms with Crippen LogP contribution in [0.15, 0.2) is 12.1 Å². The Labute approximate surface area is 141 Å². The Balaban J connectivity index is 1.64. The van der Waals surface area contributed by atoms with Gasteiger partial charge in [-0.2, -0.15) is 0 Å². The van der Waals surface area contributed by atoms with Crippen molar-refractivity contribution in [3.63, 3.8) is 0 Å². The lowest BCUT2D eigenvalue weighted by molar-refractivity contribution is 0.00578. The Hall–Kier alpha value is -1.40. The Morgan fingerprint density at radius 1 is 1.08 bits per heavy atom. The van der Waals surface area contributed by atoms with E-state index in [1.54, 1.807) is 0 Å². The maximum Gasteiger partial charge on any atom is 0.495 e. The van der Waals surface area contributed by atoms with Crippen molar-refractivity contribution >= 4 is 23.6 Å². The topological polar surface area (TPSA) is 36.3 Å². The monoisotopic (exact) mass is 328 g/mol. The molecule has 3 heterocycles. The highest BCUT2D eigenvalue weighted by molar-refractivity contribution is 6.62. The summed E-state index contributed by atoms with van der Waals surface area (Å²) >= 11 is 0. The molecule has 0 radical (unpaired) electrons. The fourth-order valence-electron chi connectivity index (χ4n) is 4.09. The molecule has 1 saturated heterocycles. The quantitative estimate of drug-likeness (QED) is 0.755. The van der Waals surface area contributed by atoms with Gasteiger partial charge in [0.25, 0.3) is 0 Å². The molecule has 1 aliphatic carbocycles. The van der Waals surface area contributed by atoms with E-state index in [0.29, 0.717) is 5.52 Å². The molecule has 3 aliphatic rings. The van der Waals surface area contributed by atoms with Gasteiger partial charge in [0, 0.05) is 12.0 Å². The van der Waals surface area contributed by atoms with Crippen LogP contribution in [0.4, 0.5) is 4.39 Å². The first-order chi connectivity index (χ1) is 11.2. The molecule has 1 spiro atoms. The van der Waals surface area contributed by atoms with Crippen LogP contribution in [0, 0.1) is 5.82 Å². The highest BCUT2D eigenvalue weighted by Gasteiger charge is 2.53. The number of benzene rings is 1. The van der Waals surface area contributed by atoms with E-state index >= 15 is 0 Å². The van der Waals surface area contributed by atoms with E-state index in [4.69, 9.17) is 9.31 Å². The summed E-state index contributed by atoms with van der Waals surface area (Å²) in [7, 11) is -0.545. The SMILES string of the molecule is CC1(C)OB(c2cc(F)c3nc4n(c3c2)C2(CC4)CC2)OC1(C)C. The van der Waals surface area contributed by atoms with Crippen LogP contribution in [0.2, 0.25) is 0 Å². The normalized spacial score (nSPS) is 25.6. The Morgan fingerprint density at radius 3 is 2.38 bits per heavy atom. The van der Waals surface area contributed by atoms with Crippen LogP contribution in [0.5, 0.6) is 0 Å². The maximum atomic E-state index is 14.7. The first-order valence-electron chi connectivity index (χ1n) is 8.79. The summed E-state index contributed by atoms with van der Waals surface area (Å²) in [5.74, 6) is 0.738. The van der Waals surface area contributed by atoms with Gasteiger partial charge in [-0.1, -0.05) is 0 Å². The molecule has 0 unspecified atom stereocenters. The van der Waals surface area contributed by atoms with Crippen LogP contribution in [0.25, 0.3) is 11.0 Å². The third kappa shape index (κ3) is 1.79. The highest BCUT2D eigenvalue weighted by Crippen LogP contribution is 2.53. The van der Waals surface area contributed by atoms with Gasteiger partial charge in [-0.3, -0.25) is 0 Å². The van der Waals surface area contributed by atoms with Crippen molar-refractivity contribution in [2.24, 2.45) is 0 Å². The minimum Gasteiger partial charge on any atom is -0.399 e. The van der Waals surface area contributed by atoms with Gasteiger partial charge in [-0.25, -0.2) is 9.37 Å². The molecular formula is C18H22BFN2O2. The maximum absolute atomic E-state index is 14.7. The fraction of sp³-hybridized carbons (Fsp3) is 0.611. The van der Waals surface area contributed by atoms with Crippen molar-refractivity contribution in [1.82, 2.24) is 9.55 Å². The van der Waals surface area contributed by atoms with E-state index in [0.717, 1.165) is 29.6 Å². The van der Waals surface area contributed by atoms with Gasteiger partial charge in [0.05, 0.1) is 16.7 Å². The minimum atomic E-state index is -0.545. The molecule has 0 bridgehead atoms. The highest BCUT2D eigenvalue weighted by atomic mass is 19.1. The van der Waals surface area contributed by atoms with E-state index in [-0.39, 0.29) is 11.4 Å². The molecule has 0 amide bonds. The zero-order chi connectivity index (χ0) is 16.9. The average Bonchev–Trinajstić information content (AvgIpc) is 2.94. The predicted octanol–water partition coefficient (Wildman–Crippen LogP) is 2.91. The Kier molecular flexibility index (Phi) is 2.62. The number of rotatable bonds is 1. The molecule has 2 aliphatic heterocycles. The smallest absolute Gasteiger partial charge is 0.399 e. The summed E-state index contributed by atoms with van der Waals surface area (Å²) in [6.45, 7) is 8.05. The summed E-state index contributed by atoms with van der Waals surface area (Å²) in [6.07, 6.45) is 4.43. The van der Waals surface area contributed by atoms with Crippen molar-refractivity contribution in [2.45, 2.75) is 70.1 Å². The average molecular weight is 328 g/mol. The van der Waals surface area contributed by atoms with E-state index < -0.39 is 18.3 Å². The molecule has 1 saturated carbocycles. The molecular weight excluding hydrogens is 306 g/mol. The number of nitrogens with zero attached hydrogens (tertiary/aromatic N) is 2. The summed E-state index contributed by atoms with van der Waals surface area (Å²) in [4.78, 5) is 4.56. The number of hydrogen-bond donors (Lipinski definition) is 0. The first-order valence-corrected chi connectivity index (χ1v) is 8.79. The zero-order valence-electron chi connectivity index (χ0n) is 14.6. The first kappa shape index (κ1) is 14.9. The van der Waals surface area contributed by atoms with Crippen molar-refractivity contribution in [2.75, 3.05) is 0 Å². The Bertz CT molecular complexity index is 854. The number of halogens is 1. The van der Waals surface area contributed by atoms with Gasteiger partial charge >= 0.3 is 7.12 Å². The summed E-state index contributed by atoms with van der Waals surface area (Å²) in [6, 6.07) is 3.54. The number of aryl methyl sites for hydroxylation is 1. The molecule has 2 aromatic rings. The zero-order valence-corrected chi connectivity index (χ0v) is 14.6. The van der Waals surface area contributed by atoms with E-state index in [1.165, 1.54) is 18.9 Å². The molecule has 2 fully saturated rings. The van der Waals surface area contributed by atoms with E-state index in [2.05, 4.69) is 9.55 Å². The standard InChI is InChI=1S/C18H22BFN2O2/c1-16(2)17(3,4)24-19(23-16)11-9-12(20)15-13(10-11)22-14(21-15)5-6-18(22)7-8-18/h9-10H,5-8H2,1-4H3. The lowest BCUT2D eigenvalue weighted by Gasteiger charge is -2.32. The molecule has 5 rings (SSSR count). The largest absolute Gasteiger partial charge is 0.495 e. The van der Waals surface area contributed by atoms with Gasteiger partial charge in [-0.05, 0) is 64.6 Å². The second-order valence-corrected chi connectivity index (χ2v) is 8.55. The van der Waals surface area contributed by atoms with Crippen molar-refractivity contribution in [1.29, 1.82) is 0 Å². The van der Waals surface area contributed by atoms with Crippen molar-refractivity contribution in [3.05, 3.63) is 23.8 Å². The molecule has 0 N–H and O–H groups in total. The third-order valence-corrected chi connectivity index (χ3v) is 6.45. The van der Waals surface area contributed by atoms with Gasteiger partial charge in [0.1, 0.15) is 11.3 Å². The van der Waals surface area contributed by atoms with Crippen molar-refractivity contribution in [3.8, 4) is 0 Å². The lowest BCUT2D eigenvalue weighted by atomic mass is 9.79. The van der Waals surface area contributed by atoms with Gasteiger partial charge in [0.15, 0.2) is 5.82 Å². The van der Waals surface area contributed by atoms with Crippen LogP contribution < -0.4 is 5.46 Å². The van der Waals surface area contributed by atoms with E-state index in [9.17, 15) is 4.39 Å². The number of imidazole rings is 1. The number of aromatic nitrogens is 2. The number of hydrogen-bond acceptors (Lipinski definition) is 3. The molecule has 126 valence electrons. The second kappa shape index (κ2) is 4.22. The minimum absolute atomic E-state index is 0.199. The molecule has 6 heteroatoms. The van der Waals surface area contributed by atoms with Crippen LogP contribution in [0.1, 0.15) is 52.8 Å². The molecule has 1 aromatic heterocycles. The summed E-state index contributed by atoms with van der Waals surface area (Å²) in [5, 5.41) is 0. The second-order valence-electron chi connectivity index (χ2n) is 8.55. The van der Waals surface area contributed by atoms with Gasteiger partial charge in [-0.15, -0.1) is 0 Å². The summed E-state index contributed by atoms with van der Waals surface area (Å²) < 4.78 is 29.2. The lowest BCUT2D eigenvalue weighted by Crippen LogP contribution is -2.41. The molecule has 24 heavy (non-hydrogen) atoms. The molecule has 1 aromatic carbocycles. The molecule has 4 nitrogen and oxygen atoms in total. The van der Waals surface area contributed by atoms with Crippen molar-refractivity contribution < 1.29 is 13.7 Å². The fourth-order valence-corrected chi connectivity index (χ4v) is 4.09. The third-order valence-electron chi connectivity index (χ3n) is 6.45. The Morgan fingerprint density at radius 2 is 1.75 bits per heavy atom. The van der Waals surface area contributed by atoms with Gasteiger partial charge in [0.2, 0.25) is 0 Å². The molecule has 0 atom stereocenters. The van der Waals surface area contributed by atoms with Gasteiger partial charge < -0.3 is 13.9 Å². The van der Waals surface area contributed by atoms with Crippen LogP contribution >= 0.6 is 0 Å². The summed E-state index contributed by atoms with van der Waals surface area (Å²) in [5.41, 5.74) is 1.45. The van der Waals surface area contributed by atoms with E-state index in [1.807, 2.05) is 33.8 Å². The predicted molar refractivity (Wildman–Crippen MR) is 90.9 cm³/mol.